The van der Waals surface area contributed by atoms with E-state index < -0.39 is 49.2 Å². The molecular formula is C14H8Na2O7S. The molecule has 0 atom stereocenters. The molecule has 0 heterocycles. The zero-order chi connectivity index (χ0) is 16.2. The van der Waals surface area contributed by atoms with Gasteiger partial charge in [0, 0.05) is 75.8 Å². The van der Waals surface area contributed by atoms with Crippen molar-refractivity contribution in [3.63, 3.8) is 0 Å². The van der Waals surface area contributed by atoms with E-state index in [0.717, 1.165) is 0 Å². The number of rotatable bonds is 1. The third-order valence-electron chi connectivity index (χ3n) is 3.41. The number of phenolic OH excluding ortho intramolecular Hbond substituents is 2. The zero-order valence-corrected chi connectivity index (χ0v) is 17.6. The number of hydrogen-bond donors (Lipinski definition) is 3. The van der Waals surface area contributed by atoms with E-state index in [9.17, 15) is 28.2 Å². The van der Waals surface area contributed by atoms with E-state index in [4.69, 9.17) is 4.55 Å². The number of fused-ring (bicyclic) bond motifs is 2. The van der Waals surface area contributed by atoms with Crippen LogP contribution < -0.4 is 0 Å². The molecule has 10 heteroatoms. The Hall–Kier alpha value is -0.710. The monoisotopic (exact) mass is 366 g/mol. The van der Waals surface area contributed by atoms with Gasteiger partial charge in [-0.25, -0.2) is 0 Å². The van der Waals surface area contributed by atoms with Gasteiger partial charge in [-0.2, -0.15) is 8.42 Å². The summed E-state index contributed by atoms with van der Waals surface area (Å²) in [5.74, 6) is -3.65. The fraction of sp³-hybridized carbons (Fsp3) is 0. The molecule has 2 aromatic carbocycles. The van der Waals surface area contributed by atoms with Gasteiger partial charge < -0.3 is 10.2 Å². The maximum Gasteiger partial charge on any atom is 0.298 e. The first-order valence-electron chi connectivity index (χ1n) is 5.98. The van der Waals surface area contributed by atoms with E-state index in [2.05, 4.69) is 0 Å². The molecule has 2 aromatic rings. The molecule has 0 aliphatic heterocycles. The quantitative estimate of drug-likeness (QED) is 0.322. The van der Waals surface area contributed by atoms with Gasteiger partial charge in [-0.05, 0) is 6.07 Å². The zero-order valence-electron chi connectivity index (χ0n) is 12.8. The van der Waals surface area contributed by atoms with Gasteiger partial charge in [-0.15, -0.1) is 0 Å². The summed E-state index contributed by atoms with van der Waals surface area (Å²) >= 11 is 0. The summed E-state index contributed by atoms with van der Waals surface area (Å²) in [5.41, 5.74) is -0.805. The van der Waals surface area contributed by atoms with Crippen LogP contribution in [0.4, 0.5) is 0 Å². The number of carbonyl (C=O) groups is 2. The molecule has 2 radical (unpaired) electrons. The molecule has 0 saturated heterocycles. The second-order valence-electron chi connectivity index (χ2n) is 4.67. The maximum absolute atomic E-state index is 12.4. The molecule has 7 nitrogen and oxygen atoms in total. The third-order valence-corrected chi connectivity index (χ3v) is 4.27. The van der Waals surface area contributed by atoms with Crippen molar-refractivity contribution in [2.45, 2.75) is 4.90 Å². The molecular weight excluding hydrogens is 358 g/mol. The first-order valence-corrected chi connectivity index (χ1v) is 7.42. The largest absolute Gasteiger partial charge is 0.504 e. The Morgan fingerprint density at radius 1 is 0.792 bits per heavy atom. The number of ketones is 2. The fourth-order valence-electron chi connectivity index (χ4n) is 2.40. The van der Waals surface area contributed by atoms with Crippen molar-refractivity contribution in [3.8, 4) is 11.5 Å². The molecule has 0 spiro atoms. The van der Waals surface area contributed by atoms with E-state index in [1.54, 1.807) is 0 Å². The van der Waals surface area contributed by atoms with Crippen molar-refractivity contribution < 1.29 is 32.8 Å². The van der Waals surface area contributed by atoms with E-state index in [1.807, 2.05) is 0 Å². The molecule has 1 aliphatic carbocycles. The molecule has 24 heavy (non-hydrogen) atoms. The van der Waals surface area contributed by atoms with Crippen molar-refractivity contribution >= 4 is 80.8 Å². The molecule has 114 valence electrons. The average Bonchev–Trinajstić information content (AvgIpc) is 2.46. The van der Waals surface area contributed by atoms with Crippen LogP contribution in [0.3, 0.4) is 0 Å². The Balaban J connectivity index is 0.00000144. The van der Waals surface area contributed by atoms with Crippen LogP contribution in [0.5, 0.6) is 11.5 Å². The summed E-state index contributed by atoms with van der Waals surface area (Å²) in [5, 5.41) is 19.6. The summed E-state index contributed by atoms with van der Waals surface area (Å²) in [4.78, 5) is 23.7. The summed E-state index contributed by atoms with van der Waals surface area (Å²) in [6, 6.07) is 6.49. The van der Waals surface area contributed by atoms with Crippen LogP contribution in [0.15, 0.2) is 35.2 Å². The first kappa shape index (κ1) is 21.3. The fourth-order valence-corrected chi connectivity index (χ4v) is 3.01. The molecule has 0 amide bonds. The van der Waals surface area contributed by atoms with Crippen LogP contribution >= 0.6 is 0 Å². The third kappa shape index (κ3) is 3.21. The Morgan fingerprint density at radius 2 is 1.29 bits per heavy atom. The van der Waals surface area contributed by atoms with Crippen molar-refractivity contribution in [2.24, 2.45) is 0 Å². The molecule has 0 fully saturated rings. The van der Waals surface area contributed by atoms with E-state index in [0.29, 0.717) is 6.07 Å². The molecule has 3 rings (SSSR count). The number of phenols is 2. The van der Waals surface area contributed by atoms with Crippen molar-refractivity contribution in [1.82, 2.24) is 0 Å². The number of hydrogen-bond acceptors (Lipinski definition) is 6. The molecule has 0 bridgehead atoms. The summed E-state index contributed by atoms with van der Waals surface area (Å²) < 4.78 is 31.5. The van der Waals surface area contributed by atoms with Gasteiger partial charge in [0.25, 0.3) is 10.1 Å². The molecule has 0 saturated carbocycles. The number of benzene rings is 2. The van der Waals surface area contributed by atoms with Crippen molar-refractivity contribution in [2.75, 3.05) is 0 Å². The van der Waals surface area contributed by atoms with Gasteiger partial charge >= 0.3 is 0 Å². The van der Waals surface area contributed by atoms with Gasteiger partial charge in [-0.3, -0.25) is 14.1 Å². The van der Waals surface area contributed by atoms with E-state index in [-0.39, 0.29) is 70.2 Å². The van der Waals surface area contributed by atoms with Gasteiger partial charge in [0.1, 0.15) is 4.90 Å². The minimum absolute atomic E-state index is 0. The van der Waals surface area contributed by atoms with E-state index in [1.165, 1.54) is 24.3 Å². The standard InChI is InChI=1S/C14H8O7S.2Na/c15-11-6-3-1-2-4-7(6)12(16)10-8(11)5-9(22(19,20)21)13(17)14(10)18;;/h1-5,17-18H,(H,19,20,21);;. The minimum Gasteiger partial charge on any atom is -0.504 e. The van der Waals surface area contributed by atoms with Crippen LogP contribution in [0.2, 0.25) is 0 Å². The summed E-state index contributed by atoms with van der Waals surface area (Å²) in [6.07, 6.45) is 0. The maximum atomic E-state index is 12.4. The van der Waals surface area contributed by atoms with Crippen molar-refractivity contribution in [3.05, 3.63) is 52.6 Å². The van der Waals surface area contributed by atoms with Crippen LogP contribution in [0.25, 0.3) is 0 Å². The van der Waals surface area contributed by atoms with Gasteiger partial charge in [0.15, 0.2) is 23.1 Å². The van der Waals surface area contributed by atoms with Crippen LogP contribution in [-0.2, 0) is 10.1 Å². The predicted molar refractivity (Wildman–Crippen MR) is 84.4 cm³/mol. The summed E-state index contributed by atoms with van der Waals surface area (Å²) in [7, 11) is -4.88. The minimum atomic E-state index is -4.88. The predicted octanol–water partition coefficient (Wildman–Crippen LogP) is 0.358. The second kappa shape index (κ2) is 7.27. The number of carbonyl (C=O) groups excluding carboxylic acids is 2. The van der Waals surface area contributed by atoms with Crippen LogP contribution in [-0.4, -0.2) is 93.9 Å². The smallest absolute Gasteiger partial charge is 0.298 e. The molecule has 0 aromatic heterocycles. The van der Waals surface area contributed by atoms with Crippen LogP contribution in [0.1, 0.15) is 31.8 Å². The Bertz CT molecular complexity index is 967. The average molecular weight is 366 g/mol. The molecule has 0 unspecified atom stereocenters. The Labute approximate surface area is 181 Å². The van der Waals surface area contributed by atoms with Crippen LogP contribution in [0, 0.1) is 0 Å². The van der Waals surface area contributed by atoms with Gasteiger partial charge in [0.2, 0.25) is 0 Å². The van der Waals surface area contributed by atoms with Crippen molar-refractivity contribution in [1.29, 1.82) is 0 Å². The van der Waals surface area contributed by atoms with Gasteiger partial charge in [-0.1, -0.05) is 24.3 Å². The summed E-state index contributed by atoms with van der Waals surface area (Å²) in [6.45, 7) is 0. The SMILES string of the molecule is O=C1c2ccccc2C(=O)c2c1cc(S(=O)(=O)O)c(O)c2O.[Na].[Na]. The Kier molecular flexibility index (Phi) is 6.46. The Morgan fingerprint density at radius 3 is 1.79 bits per heavy atom. The first-order chi connectivity index (χ1) is 10.2. The van der Waals surface area contributed by atoms with Gasteiger partial charge in [0.05, 0.1) is 5.56 Å². The second-order valence-corrected chi connectivity index (χ2v) is 6.06. The van der Waals surface area contributed by atoms with E-state index >= 15 is 0 Å². The molecule has 1 aliphatic rings. The number of aromatic hydroxyl groups is 2. The normalized spacial score (nSPS) is 12.5. The molecule has 3 N–H and O–H groups in total. The topological polar surface area (TPSA) is 129 Å².